The minimum atomic E-state index is -0.929. The smallest absolute Gasteiger partial charge is 0.257 e. The third-order valence-corrected chi connectivity index (χ3v) is 5.98. The van der Waals surface area contributed by atoms with Crippen LogP contribution in [0, 0.1) is 28.7 Å². The summed E-state index contributed by atoms with van der Waals surface area (Å²) in [6.45, 7) is 4.41. The van der Waals surface area contributed by atoms with E-state index >= 15 is 0 Å². The van der Waals surface area contributed by atoms with Crippen LogP contribution in [0.25, 0.3) is 0 Å². The van der Waals surface area contributed by atoms with Crippen LogP contribution in [-0.4, -0.2) is 24.9 Å². The topological polar surface area (TPSA) is 58.2 Å². The summed E-state index contributed by atoms with van der Waals surface area (Å²) in [5.41, 5.74) is -1.58. The van der Waals surface area contributed by atoms with Gasteiger partial charge in [-0.05, 0) is 55.4 Å². The van der Waals surface area contributed by atoms with Gasteiger partial charge in [0.05, 0.1) is 0 Å². The molecule has 8 heteroatoms. The molecule has 1 atom stereocenters. The van der Waals surface area contributed by atoms with Crippen LogP contribution < -0.4 is 10.6 Å². The summed E-state index contributed by atoms with van der Waals surface area (Å²) in [4.78, 5) is 24.6. The third kappa shape index (κ3) is 7.04. The van der Waals surface area contributed by atoms with E-state index in [1.807, 2.05) is 13.8 Å². The van der Waals surface area contributed by atoms with Gasteiger partial charge in [-0.1, -0.05) is 38.8 Å². The van der Waals surface area contributed by atoms with E-state index in [4.69, 9.17) is 0 Å². The van der Waals surface area contributed by atoms with E-state index in [9.17, 15) is 27.2 Å². The molecule has 4 nitrogen and oxygen atoms in total. The van der Waals surface area contributed by atoms with Crippen LogP contribution in [0.5, 0.6) is 0 Å². The van der Waals surface area contributed by atoms with Crippen molar-refractivity contribution in [1.82, 2.24) is 10.6 Å². The number of rotatable bonds is 12. The van der Waals surface area contributed by atoms with Crippen LogP contribution in [-0.2, 0) is 0 Å². The molecule has 0 saturated carbocycles. The standard InChI is InChI=1S/C25H30F4N2O2/c1-3-5-13-25(4-2,16-31-24(33)22-19(28)11-7-12-20(22)29)14-8-15-30-23(32)21-17(26)9-6-10-18(21)27/h6-7,9-12H,3-5,8,13-16H2,1-2H3,(H,30,32)(H,31,33). The maximum atomic E-state index is 13.9. The highest BCUT2D eigenvalue weighted by Crippen LogP contribution is 2.33. The molecule has 2 aromatic carbocycles. The molecule has 0 aliphatic carbocycles. The Labute approximate surface area is 191 Å². The number of amides is 2. The maximum Gasteiger partial charge on any atom is 0.257 e. The summed E-state index contributed by atoms with van der Waals surface area (Å²) >= 11 is 0. The van der Waals surface area contributed by atoms with Crippen molar-refractivity contribution in [3.63, 3.8) is 0 Å². The lowest BCUT2D eigenvalue weighted by atomic mass is 9.76. The molecule has 0 bridgehead atoms. The van der Waals surface area contributed by atoms with Crippen LogP contribution in [0.3, 0.4) is 0 Å². The largest absolute Gasteiger partial charge is 0.352 e. The predicted octanol–water partition coefficient (Wildman–Crippen LogP) is 5.77. The highest BCUT2D eigenvalue weighted by molar-refractivity contribution is 5.95. The Morgan fingerprint density at radius 2 is 1.21 bits per heavy atom. The number of unbranched alkanes of at least 4 members (excludes halogenated alkanes) is 1. The lowest BCUT2D eigenvalue weighted by Crippen LogP contribution is -2.39. The van der Waals surface area contributed by atoms with Crippen LogP contribution in [0.4, 0.5) is 17.6 Å². The second-order valence-corrected chi connectivity index (χ2v) is 8.19. The normalized spacial score (nSPS) is 12.8. The lowest BCUT2D eigenvalue weighted by molar-refractivity contribution is 0.0908. The van der Waals surface area contributed by atoms with Crippen molar-refractivity contribution in [2.75, 3.05) is 13.1 Å². The van der Waals surface area contributed by atoms with Crippen molar-refractivity contribution in [2.24, 2.45) is 5.41 Å². The van der Waals surface area contributed by atoms with E-state index in [2.05, 4.69) is 10.6 Å². The molecule has 2 rings (SSSR count). The average Bonchev–Trinajstić information content (AvgIpc) is 2.78. The highest BCUT2D eigenvalue weighted by Gasteiger charge is 2.29. The van der Waals surface area contributed by atoms with E-state index < -0.39 is 46.2 Å². The molecule has 0 fully saturated rings. The fourth-order valence-electron chi connectivity index (χ4n) is 3.87. The molecule has 0 aliphatic rings. The van der Waals surface area contributed by atoms with Crippen molar-refractivity contribution in [3.8, 4) is 0 Å². The van der Waals surface area contributed by atoms with Gasteiger partial charge in [0.25, 0.3) is 11.8 Å². The van der Waals surface area contributed by atoms with Gasteiger partial charge >= 0.3 is 0 Å². The maximum absolute atomic E-state index is 13.9. The van der Waals surface area contributed by atoms with Crippen molar-refractivity contribution >= 4 is 11.8 Å². The first-order chi connectivity index (χ1) is 15.7. The number of hydrogen-bond donors (Lipinski definition) is 2. The van der Waals surface area contributed by atoms with Crippen LogP contribution in [0.1, 0.15) is 73.1 Å². The fraction of sp³-hybridized carbons (Fsp3) is 0.440. The Balaban J connectivity index is 2.00. The summed E-state index contributed by atoms with van der Waals surface area (Å²) in [6, 6.07) is 6.48. The van der Waals surface area contributed by atoms with Gasteiger partial charge in [-0.3, -0.25) is 9.59 Å². The zero-order chi connectivity index (χ0) is 24.4. The fourth-order valence-corrected chi connectivity index (χ4v) is 3.87. The zero-order valence-corrected chi connectivity index (χ0v) is 18.9. The Morgan fingerprint density at radius 1 is 0.758 bits per heavy atom. The van der Waals surface area contributed by atoms with Gasteiger partial charge in [-0.25, -0.2) is 17.6 Å². The van der Waals surface area contributed by atoms with Gasteiger partial charge in [-0.15, -0.1) is 0 Å². The molecule has 33 heavy (non-hydrogen) atoms. The highest BCUT2D eigenvalue weighted by atomic mass is 19.1. The second kappa shape index (κ2) is 12.4. The van der Waals surface area contributed by atoms with Crippen molar-refractivity contribution in [1.29, 1.82) is 0 Å². The van der Waals surface area contributed by atoms with E-state index in [-0.39, 0.29) is 18.5 Å². The van der Waals surface area contributed by atoms with Crippen molar-refractivity contribution in [3.05, 3.63) is 70.8 Å². The van der Waals surface area contributed by atoms with Crippen molar-refractivity contribution in [2.45, 2.75) is 52.4 Å². The molecule has 0 radical (unpaired) electrons. The molecule has 180 valence electrons. The molecule has 1 unspecified atom stereocenters. The minimum absolute atomic E-state index is 0.191. The van der Waals surface area contributed by atoms with Gasteiger partial charge in [0.1, 0.15) is 34.4 Å². The summed E-state index contributed by atoms with van der Waals surface area (Å²) in [5.74, 6) is -5.35. The Morgan fingerprint density at radius 3 is 1.67 bits per heavy atom. The predicted molar refractivity (Wildman–Crippen MR) is 119 cm³/mol. The van der Waals surface area contributed by atoms with Gasteiger partial charge in [0.15, 0.2) is 0 Å². The summed E-state index contributed by atoms with van der Waals surface area (Å²) in [5, 5.41) is 5.20. The summed E-state index contributed by atoms with van der Waals surface area (Å²) in [7, 11) is 0. The van der Waals surface area contributed by atoms with Gasteiger partial charge in [0, 0.05) is 13.1 Å². The zero-order valence-electron chi connectivity index (χ0n) is 18.9. The van der Waals surface area contributed by atoms with Gasteiger partial charge in [0.2, 0.25) is 0 Å². The van der Waals surface area contributed by atoms with E-state index in [0.29, 0.717) is 19.3 Å². The SMILES string of the molecule is CCCCC(CC)(CCCNC(=O)c1c(F)cccc1F)CNC(=O)c1c(F)cccc1F. The third-order valence-electron chi connectivity index (χ3n) is 5.98. The first-order valence-electron chi connectivity index (χ1n) is 11.2. The molecule has 0 aliphatic heterocycles. The number of carbonyl (C=O) groups is 2. The Kier molecular flexibility index (Phi) is 9.88. The Hall–Kier alpha value is -2.90. The molecule has 0 saturated heterocycles. The quantitative estimate of drug-likeness (QED) is 0.308. The molecule has 2 N–H and O–H groups in total. The van der Waals surface area contributed by atoms with Gasteiger partial charge < -0.3 is 10.6 Å². The number of nitrogens with one attached hydrogen (secondary N) is 2. The number of benzene rings is 2. The van der Waals surface area contributed by atoms with Gasteiger partial charge in [-0.2, -0.15) is 0 Å². The number of hydrogen-bond acceptors (Lipinski definition) is 2. The first kappa shape index (κ1) is 26.4. The van der Waals surface area contributed by atoms with Crippen LogP contribution in [0.2, 0.25) is 0 Å². The summed E-state index contributed by atoms with van der Waals surface area (Å²) in [6.07, 6.45) is 4.40. The summed E-state index contributed by atoms with van der Waals surface area (Å²) < 4.78 is 55.4. The molecular weight excluding hydrogens is 436 g/mol. The van der Waals surface area contributed by atoms with Crippen LogP contribution >= 0.6 is 0 Å². The monoisotopic (exact) mass is 466 g/mol. The number of halogens is 4. The minimum Gasteiger partial charge on any atom is -0.352 e. The Bertz CT molecular complexity index is 927. The lowest BCUT2D eigenvalue weighted by Gasteiger charge is -2.33. The van der Waals surface area contributed by atoms with E-state index in [1.165, 1.54) is 12.1 Å². The number of carbonyl (C=O) groups excluding carboxylic acids is 2. The first-order valence-corrected chi connectivity index (χ1v) is 11.2. The van der Waals surface area contributed by atoms with E-state index in [1.54, 1.807) is 0 Å². The molecule has 2 aromatic rings. The molecular formula is C25H30F4N2O2. The molecule has 2 amide bonds. The van der Waals surface area contributed by atoms with Crippen molar-refractivity contribution < 1.29 is 27.2 Å². The molecule has 0 spiro atoms. The van der Waals surface area contributed by atoms with E-state index in [0.717, 1.165) is 43.5 Å². The molecule has 0 aromatic heterocycles. The second-order valence-electron chi connectivity index (χ2n) is 8.19. The van der Waals surface area contributed by atoms with Crippen LogP contribution in [0.15, 0.2) is 36.4 Å². The average molecular weight is 467 g/mol. The molecule has 0 heterocycles.